The number of hydrogen-bond donors (Lipinski definition) is 1. The fourth-order valence-electron chi connectivity index (χ4n) is 3.01. The van der Waals surface area contributed by atoms with Gasteiger partial charge in [0.1, 0.15) is 0 Å². The number of rotatable bonds is 6. The first kappa shape index (κ1) is 17.7. The molecule has 0 atom stereocenters. The smallest absolute Gasteiger partial charge is 0.341 e. The molecule has 3 rings (SSSR count). The van der Waals surface area contributed by atoms with Gasteiger partial charge in [0.15, 0.2) is 6.61 Å². The van der Waals surface area contributed by atoms with Crippen LogP contribution in [0.5, 0.6) is 0 Å². The van der Waals surface area contributed by atoms with Crippen LogP contribution in [0.25, 0.3) is 10.9 Å². The van der Waals surface area contributed by atoms with E-state index in [4.69, 9.17) is 4.74 Å². The number of ether oxygens (including phenoxy) is 1. The monoisotopic (exact) mass is 350 g/mol. The van der Waals surface area contributed by atoms with Gasteiger partial charge in [-0.2, -0.15) is 0 Å². The number of aromatic amines is 1. The van der Waals surface area contributed by atoms with Crippen LogP contribution in [0.4, 0.5) is 0 Å². The molecule has 134 valence electrons. The van der Waals surface area contributed by atoms with Crippen LogP contribution >= 0.6 is 0 Å². The van der Waals surface area contributed by atoms with Crippen LogP contribution in [0.2, 0.25) is 0 Å². The first-order chi connectivity index (χ1) is 12.6. The van der Waals surface area contributed by atoms with Crippen molar-refractivity contribution in [2.45, 2.75) is 20.4 Å². The summed E-state index contributed by atoms with van der Waals surface area (Å²) in [7, 11) is 0. The molecule has 5 heteroatoms. The van der Waals surface area contributed by atoms with Crippen LogP contribution < -0.4 is 0 Å². The molecular weight excluding hydrogens is 328 g/mol. The van der Waals surface area contributed by atoms with Crippen molar-refractivity contribution >= 4 is 22.8 Å². The van der Waals surface area contributed by atoms with E-state index in [2.05, 4.69) is 4.98 Å². The highest BCUT2D eigenvalue weighted by Crippen LogP contribution is 2.22. The number of amides is 1. The summed E-state index contributed by atoms with van der Waals surface area (Å²) in [5, 5.41) is 0.805. The standard InChI is InChI=1S/C21H22N2O3/c1-3-23(13-16-9-5-4-6-10-16)19(24)14-26-21(25)20-15(2)22-18-12-8-7-11-17(18)20/h4-12,22H,3,13-14H2,1-2H3. The Hall–Kier alpha value is -3.08. The van der Waals surface area contributed by atoms with Crippen LogP contribution in [0.15, 0.2) is 54.6 Å². The topological polar surface area (TPSA) is 62.4 Å². The highest BCUT2D eigenvalue weighted by atomic mass is 16.5. The molecule has 5 nitrogen and oxygen atoms in total. The zero-order chi connectivity index (χ0) is 18.5. The molecule has 3 aromatic rings. The van der Waals surface area contributed by atoms with Gasteiger partial charge in [0.25, 0.3) is 5.91 Å². The Morgan fingerprint density at radius 2 is 1.73 bits per heavy atom. The molecule has 0 aliphatic heterocycles. The third-order valence-electron chi connectivity index (χ3n) is 4.38. The second-order valence-electron chi connectivity index (χ2n) is 6.14. The Morgan fingerprint density at radius 3 is 2.46 bits per heavy atom. The maximum Gasteiger partial charge on any atom is 0.341 e. The Bertz CT molecular complexity index is 915. The number of nitrogens with one attached hydrogen (secondary N) is 1. The fourth-order valence-corrected chi connectivity index (χ4v) is 3.01. The average molecular weight is 350 g/mol. The number of carbonyl (C=O) groups excluding carboxylic acids is 2. The summed E-state index contributed by atoms with van der Waals surface area (Å²) in [6.07, 6.45) is 0. The first-order valence-electron chi connectivity index (χ1n) is 8.66. The number of H-pyrrole nitrogens is 1. The lowest BCUT2D eigenvalue weighted by Gasteiger charge is -2.20. The SMILES string of the molecule is CCN(Cc1ccccc1)C(=O)COC(=O)c1c(C)[nH]c2ccccc12. The van der Waals surface area contributed by atoms with Gasteiger partial charge >= 0.3 is 5.97 Å². The number of aromatic nitrogens is 1. The average Bonchev–Trinajstić information content (AvgIpc) is 3.00. The number of benzene rings is 2. The van der Waals surface area contributed by atoms with Crippen molar-refractivity contribution in [3.63, 3.8) is 0 Å². The zero-order valence-corrected chi connectivity index (χ0v) is 15.0. The minimum absolute atomic E-state index is 0.206. The lowest BCUT2D eigenvalue weighted by molar-refractivity contribution is -0.134. The van der Waals surface area contributed by atoms with E-state index in [1.54, 1.807) is 4.90 Å². The number of nitrogens with zero attached hydrogens (tertiary/aromatic N) is 1. The molecule has 0 saturated carbocycles. The summed E-state index contributed by atoms with van der Waals surface area (Å²) < 4.78 is 5.31. The van der Waals surface area contributed by atoms with Gasteiger partial charge in [-0.3, -0.25) is 4.79 Å². The van der Waals surface area contributed by atoms with Crippen LogP contribution in [0, 0.1) is 6.92 Å². The van der Waals surface area contributed by atoms with Crippen molar-refractivity contribution in [2.75, 3.05) is 13.2 Å². The molecule has 0 radical (unpaired) electrons. The second-order valence-corrected chi connectivity index (χ2v) is 6.14. The lowest BCUT2D eigenvalue weighted by atomic mass is 10.1. The summed E-state index contributed by atoms with van der Waals surface area (Å²) in [4.78, 5) is 29.8. The summed E-state index contributed by atoms with van der Waals surface area (Å²) in [5.41, 5.74) is 3.14. The largest absolute Gasteiger partial charge is 0.452 e. The quantitative estimate of drug-likeness (QED) is 0.690. The van der Waals surface area contributed by atoms with Crippen molar-refractivity contribution in [3.8, 4) is 0 Å². The molecule has 0 bridgehead atoms. The van der Waals surface area contributed by atoms with E-state index in [0.29, 0.717) is 18.7 Å². The van der Waals surface area contributed by atoms with Crippen molar-refractivity contribution in [1.82, 2.24) is 9.88 Å². The molecule has 0 saturated heterocycles. The van der Waals surface area contributed by atoms with Gasteiger partial charge in [0.2, 0.25) is 0 Å². The van der Waals surface area contributed by atoms with Crippen LogP contribution in [0.1, 0.15) is 28.5 Å². The van der Waals surface area contributed by atoms with E-state index in [-0.39, 0.29) is 12.5 Å². The molecule has 1 heterocycles. The predicted octanol–water partition coefficient (Wildman–Crippen LogP) is 3.68. The molecule has 1 N–H and O–H groups in total. The minimum Gasteiger partial charge on any atom is -0.452 e. The van der Waals surface area contributed by atoms with E-state index in [1.807, 2.05) is 68.4 Å². The van der Waals surface area contributed by atoms with Gasteiger partial charge in [-0.15, -0.1) is 0 Å². The molecular formula is C21H22N2O3. The van der Waals surface area contributed by atoms with Gasteiger partial charge in [-0.25, -0.2) is 4.79 Å². The van der Waals surface area contributed by atoms with E-state index in [9.17, 15) is 9.59 Å². The van der Waals surface area contributed by atoms with Crippen LogP contribution in [-0.4, -0.2) is 34.9 Å². The Morgan fingerprint density at radius 1 is 1.04 bits per heavy atom. The summed E-state index contributed by atoms with van der Waals surface area (Å²) in [6, 6.07) is 17.3. The summed E-state index contributed by atoms with van der Waals surface area (Å²) in [5.74, 6) is -0.689. The van der Waals surface area contributed by atoms with E-state index in [1.165, 1.54) is 0 Å². The van der Waals surface area contributed by atoms with Gasteiger partial charge in [0, 0.05) is 29.7 Å². The Labute approximate surface area is 152 Å². The number of esters is 1. The summed E-state index contributed by atoms with van der Waals surface area (Å²) in [6.45, 7) is 4.52. The number of aryl methyl sites for hydroxylation is 1. The van der Waals surface area contributed by atoms with Crippen molar-refractivity contribution in [3.05, 3.63) is 71.4 Å². The van der Waals surface area contributed by atoms with Gasteiger partial charge in [-0.1, -0.05) is 48.5 Å². The first-order valence-corrected chi connectivity index (χ1v) is 8.66. The second kappa shape index (κ2) is 7.87. The Kier molecular flexibility index (Phi) is 5.37. The zero-order valence-electron chi connectivity index (χ0n) is 15.0. The van der Waals surface area contributed by atoms with Crippen molar-refractivity contribution in [2.24, 2.45) is 0 Å². The maximum absolute atomic E-state index is 12.5. The van der Waals surface area contributed by atoms with Gasteiger partial charge in [-0.05, 0) is 25.5 Å². The number of fused-ring (bicyclic) bond motifs is 1. The summed E-state index contributed by atoms with van der Waals surface area (Å²) >= 11 is 0. The van der Waals surface area contributed by atoms with E-state index < -0.39 is 5.97 Å². The molecule has 0 aliphatic carbocycles. The van der Waals surface area contributed by atoms with E-state index >= 15 is 0 Å². The fraction of sp³-hybridized carbons (Fsp3) is 0.238. The van der Waals surface area contributed by atoms with Crippen molar-refractivity contribution in [1.29, 1.82) is 0 Å². The normalized spacial score (nSPS) is 10.7. The molecule has 0 fully saturated rings. The highest BCUT2D eigenvalue weighted by Gasteiger charge is 2.20. The van der Waals surface area contributed by atoms with Crippen LogP contribution in [-0.2, 0) is 16.1 Å². The third kappa shape index (κ3) is 3.77. The van der Waals surface area contributed by atoms with Crippen molar-refractivity contribution < 1.29 is 14.3 Å². The molecule has 26 heavy (non-hydrogen) atoms. The predicted molar refractivity (Wildman–Crippen MR) is 101 cm³/mol. The highest BCUT2D eigenvalue weighted by molar-refractivity contribution is 6.06. The number of para-hydroxylation sites is 1. The molecule has 0 unspecified atom stereocenters. The number of carbonyl (C=O) groups is 2. The number of likely N-dealkylation sites (N-methyl/N-ethyl adjacent to an activating group) is 1. The molecule has 1 amide bonds. The maximum atomic E-state index is 12.5. The van der Waals surface area contributed by atoms with E-state index in [0.717, 1.165) is 22.2 Å². The molecule has 1 aromatic heterocycles. The lowest BCUT2D eigenvalue weighted by Crippen LogP contribution is -2.34. The third-order valence-corrected chi connectivity index (χ3v) is 4.38. The molecule has 0 spiro atoms. The van der Waals surface area contributed by atoms with Crippen LogP contribution in [0.3, 0.4) is 0 Å². The van der Waals surface area contributed by atoms with Gasteiger partial charge in [0.05, 0.1) is 5.56 Å². The molecule has 0 aliphatic rings. The minimum atomic E-state index is -0.482. The molecule has 2 aromatic carbocycles. The number of hydrogen-bond acceptors (Lipinski definition) is 3. The van der Waals surface area contributed by atoms with Gasteiger partial charge < -0.3 is 14.6 Å². The Balaban J connectivity index is 1.66.